The van der Waals surface area contributed by atoms with Crippen LogP contribution < -0.4 is 4.90 Å². The van der Waals surface area contributed by atoms with Crippen LogP contribution in [0.25, 0.3) is 0 Å². The summed E-state index contributed by atoms with van der Waals surface area (Å²) in [4.78, 5) is 13.7. The van der Waals surface area contributed by atoms with Gasteiger partial charge in [-0.2, -0.15) is 0 Å². The van der Waals surface area contributed by atoms with Crippen LogP contribution in [0.15, 0.2) is 24.3 Å². The predicted octanol–water partition coefficient (Wildman–Crippen LogP) is 3.30. The molecule has 0 unspecified atom stereocenters. The van der Waals surface area contributed by atoms with Gasteiger partial charge >= 0.3 is 0 Å². The summed E-state index contributed by atoms with van der Waals surface area (Å²) in [6.07, 6.45) is 0. The van der Waals surface area contributed by atoms with Crippen LogP contribution >= 0.6 is 22.6 Å². The first-order valence-electron chi connectivity index (χ1n) is 4.86. The van der Waals surface area contributed by atoms with Crippen LogP contribution in [0.1, 0.15) is 20.8 Å². The maximum atomic E-state index is 12.0. The zero-order valence-corrected chi connectivity index (χ0v) is 11.7. The van der Waals surface area contributed by atoms with Crippen molar-refractivity contribution >= 4 is 34.2 Å². The van der Waals surface area contributed by atoms with E-state index in [0.717, 1.165) is 5.69 Å². The fourth-order valence-corrected chi connectivity index (χ4v) is 1.64. The minimum atomic E-state index is -0.336. The summed E-state index contributed by atoms with van der Waals surface area (Å²) in [5.41, 5.74) is 0.605. The minimum absolute atomic E-state index is 0.128. The maximum Gasteiger partial charge on any atom is 0.232 e. The molecule has 0 saturated heterocycles. The van der Waals surface area contributed by atoms with E-state index in [1.54, 1.807) is 4.90 Å². The molecule has 0 aliphatic rings. The van der Waals surface area contributed by atoms with E-state index >= 15 is 0 Å². The Balaban J connectivity index is 2.90. The summed E-state index contributed by atoms with van der Waals surface area (Å²) in [6, 6.07) is 7.93. The SMILES string of the molecule is CN(C(=O)C(C)(C)C)c1ccc(I)cc1. The van der Waals surface area contributed by atoms with Crippen molar-refractivity contribution < 1.29 is 4.79 Å². The fraction of sp³-hybridized carbons (Fsp3) is 0.417. The molecule has 0 bridgehead atoms. The molecule has 0 fully saturated rings. The van der Waals surface area contributed by atoms with E-state index in [2.05, 4.69) is 22.6 Å². The van der Waals surface area contributed by atoms with E-state index in [1.807, 2.05) is 52.1 Å². The number of rotatable bonds is 1. The minimum Gasteiger partial charge on any atom is -0.315 e. The molecule has 1 aromatic carbocycles. The summed E-state index contributed by atoms with van der Waals surface area (Å²) in [7, 11) is 1.82. The number of hydrogen-bond donors (Lipinski definition) is 0. The topological polar surface area (TPSA) is 20.3 Å². The predicted molar refractivity (Wildman–Crippen MR) is 72.0 cm³/mol. The molecule has 2 nitrogen and oxygen atoms in total. The van der Waals surface area contributed by atoms with Crippen molar-refractivity contribution in [1.82, 2.24) is 0 Å². The molecule has 0 atom stereocenters. The molecule has 15 heavy (non-hydrogen) atoms. The molecule has 1 amide bonds. The van der Waals surface area contributed by atoms with E-state index in [0.29, 0.717) is 0 Å². The lowest BCUT2D eigenvalue weighted by molar-refractivity contribution is -0.125. The summed E-state index contributed by atoms with van der Waals surface area (Å²) in [6.45, 7) is 5.79. The highest BCUT2D eigenvalue weighted by Gasteiger charge is 2.25. The number of nitrogens with zero attached hydrogens (tertiary/aromatic N) is 1. The van der Waals surface area contributed by atoms with Crippen LogP contribution in [0.3, 0.4) is 0 Å². The average molecular weight is 317 g/mol. The number of benzene rings is 1. The molecule has 82 valence electrons. The molecule has 1 aromatic rings. The Kier molecular flexibility index (Phi) is 3.76. The van der Waals surface area contributed by atoms with Gasteiger partial charge in [0.25, 0.3) is 0 Å². The average Bonchev–Trinajstić information content (AvgIpc) is 2.15. The van der Waals surface area contributed by atoms with Crippen molar-refractivity contribution in [3.63, 3.8) is 0 Å². The first kappa shape index (κ1) is 12.5. The van der Waals surface area contributed by atoms with Gasteiger partial charge in [-0.1, -0.05) is 20.8 Å². The van der Waals surface area contributed by atoms with Crippen LogP contribution in [0, 0.1) is 8.99 Å². The first-order valence-corrected chi connectivity index (χ1v) is 5.94. The highest BCUT2D eigenvalue weighted by Crippen LogP contribution is 2.22. The zero-order chi connectivity index (χ0) is 11.6. The second-order valence-electron chi connectivity index (χ2n) is 4.59. The molecule has 0 N–H and O–H groups in total. The Morgan fingerprint density at radius 3 is 2.07 bits per heavy atom. The van der Waals surface area contributed by atoms with Gasteiger partial charge in [-0.3, -0.25) is 4.79 Å². The summed E-state index contributed by atoms with van der Waals surface area (Å²) >= 11 is 2.25. The molecule has 0 saturated carbocycles. The van der Waals surface area contributed by atoms with E-state index in [9.17, 15) is 4.79 Å². The normalized spacial score (nSPS) is 11.3. The van der Waals surface area contributed by atoms with E-state index < -0.39 is 0 Å². The number of anilines is 1. The third kappa shape index (κ3) is 3.19. The number of halogens is 1. The van der Waals surface area contributed by atoms with Gasteiger partial charge in [0.15, 0.2) is 0 Å². The van der Waals surface area contributed by atoms with Crippen LogP contribution in [-0.4, -0.2) is 13.0 Å². The molecule has 0 aliphatic heterocycles. The third-order valence-electron chi connectivity index (χ3n) is 2.16. The number of carbonyl (C=O) groups excluding carboxylic acids is 1. The smallest absolute Gasteiger partial charge is 0.232 e. The van der Waals surface area contributed by atoms with Gasteiger partial charge in [0.1, 0.15) is 0 Å². The molecule has 0 spiro atoms. The Morgan fingerprint density at radius 2 is 1.67 bits per heavy atom. The summed E-state index contributed by atoms with van der Waals surface area (Å²) < 4.78 is 1.17. The summed E-state index contributed by atoms with van der Waals surface area (Å²) in [5.74, 6) is 0.128. The van der Waals surface area contributed by atoms with E-state index in [1.165, 1.54) is 3.57 Å². The molecule has 0 aliphatic carbocycles. The standard InChI is InChI=1S/C12H16INO/c1-12(2,3)11(15)14(4)10-7-5-9(13)6-8-10/h5-8H,1-4H3. The van der Waals surface area contributed by atoms with Gasteiger partial charge in [0.2, 0.25) is 5.91 Å². The Hall–Kier alpha value is -0.580. The monoisotopic (exact) mass is 317 g/mol. The lowest BCUT2D eigenvalue weighted by atomic mass is 9.95. The molecule has 0 radical (unpaired) electrons. The fourth-order valence-electron chi connectivity index (χ4n) is 1.29. The van der Waals surface area contributed by atoms with Crippen molar-refractivity contribution in [1.29, 1.82) is 0 Å². The number of hydrogen-bond acceptors (Lipinski definition) is 1. The van der Waals surface area contributed by atoms with Crippen LogP contribution in [0.2, 0.25) is 0 Å². The summed E-state index contributed by atoms with van der Waals surface area (Å²) in [5, 5.41) is 0. The molecule has 3 heteroatoms. The van der Waals surface area contributed by atoms with Crippen LogP contribution in [0.4, 0.5) is 5.69 Å². The van der Waals surface area contributed by atoms with Crippen molar-refractivity contribution in [2.45, 2.75) is 20.8 Å². The second kappa shape index (κ2) is 4.51. The molecular weight excluding hydrogens is 301 g/mol. The van der Waals surface area contributed by atoms with Gasteiger partial charge in [-0.25, -0.2) is 0 Å². The van der Waals surface area contributed by atoms with Crippen LogP contribution in [0.5, 0.6) is 0 Å². The molecule has 1 rings (SSSR count). The molecule has 0 aromatic heterocycles. The van der Waals surface area contributed by atoms with Gasteiger partial charge in [0.05, 0.1) is 0 Å². The molecular formula is C12H16INO. The Bertz CT molecular complexity index is 351. The quantitative estimate of drug-likeness (QED) is 0.728. The van der Waals surface area contributed by atoms with E-state index in [4.69, 9.17) is 0 Å². The third-order valence-corrected chi connectivity index (χ3v) is 2.88. The number of carbonyl (C=O) groups is 1. The van der Waals surface area contributed by atoms with Gasteiger partial charge < -0.3 is 4.90 Å². The van der Waals surface area contributed by atoms with Gasteiger partial charge in [-0.15, -0.1) is 0 Å². The maximum absolute atomic E-state index is 12.0. The lowest BCUT2D eigenvalue weighted by Gasteiger charge is -2.26. The Labute approximate surface area is 105 Å². The van der Waals surface area contributed by atoms with Gasteiger partial charge in [-0.05, 0) is 46.9 Å². The highest BCUT2D eigenvalue weighted by molar-refractivity contribution is 14.1. The van der Waals surface area contributed by atoms with Crippen molar-refractivity contribution in [2.24, 2.45) is 5.41 Å². The number of amides is 1. The van der Waals surface area contributed by atoms with Crippen molar-refractivity contribution in [3.05, 3.63) is 27.8 Å². The molecule has 0 heterocycles. The van der Waals surface area contributed by atoms with E-state index in [-0.39, 0.29) is 11.3 Å². The Morgan fingerprint density at radius 1 is 1.20 bits per heavy atom. The van der Waals surface area contributed by atoms with Crippen molar-refractivity contribution in [2.75, 3.05) is 11.9 Å². The lowest BCUT2D eigenvalue weighted by Crippen LogP contribution is -2.36. The van der Waals surface area contributed by atoms with Crippen molar-refractivity contribution in [3.8, 4) is 0 Å². The van der Waals surface area contributed by atoms with Crippen LogP contribution in [-0.2, 0) is 4.79 Å². The largest absolute Gasteiger partial charge is 0.315 e. The highest BCUT2D eigenvalue weighted by atomic mass is 127. The second-order valence-corrected chi connectivity index (χ2v) is 5.84. The zero-order valence-electron chi connectivity index (χ0n) is 9.54. The van der Waals surface area contributed by atoms with Gasteiger partial charge in [0, 0.05) is 21.7 Å². The first-order chi connectivity index (χ1) is 6.82.